The molecule has 0 saturated heterocycles. The summed E-state index contributed by atoms with van der Waals surface area (Å²) in [5, 5.41) is 3.55. The van der Waals surface area contributed by atoms with E-state index in [-0.39, 0.29) is 17.2 Å². The van der Waals surface area contributed by atoms with Crippen molar-refractivity contribution in [2.24, 2.45) is 0 Å². The summed E-state index contributed by atoms with van der Waals surface area (Å²) >= 11 is 4.84. The number of rotatable bonds is 6. The van der Waals surface area contributed by atoms with Crippen LogP contribution in [0.4, 0.5) is 6.01 Å². The third kappa shape index (κ3) is 4.80. The minimum absolute atomic E-state index is 0.112. The Labute approximate surface area is 156 Å². The second-order valence-electron chi connectivity index (χ2n) is 4.99. The van der Waals surface area contributed by atoms with E-state index in [4.69, 9.17) is 4.52 Å². The maximum absolute atomic E-state index is 12.2. The number of pyridine rings is 1. The van der Waals surface area contributed by atoms with Gasteiger partial charge < -0.3 is 4.52 Å². The second kappa shape index (κ2) is 8.13. The molecule has 2 aromatic heterocycles. The van der Waals surface area contributed by atoms with Crippen LogP contribution in [0.2, 0.25) is 0 Å². The van der Waals surface area contributed by atoms with Gasteiger partial charge in [0, 0.05) is 27.3 Å². The first-order valence-electron chi connectivity index (χ1n) is 7.34. The van der Waals surface area contributed by atoms with Crippen molar-refractivity contribution in [1.82, 2.24) is 20.6 Å². The number of amides is 1. The number of nitrogens with one attached hydrogen (secondary N) is 2. The van der Waals surface area contributed by atoms with Gasteiger partial charge in [-0.2, -0.15) is 4.98 Å². The largest absolute Gasteiger partial charge is 0.340 e. The zero-order valence-corrected chi connectivity index (χ0v) is 15.5. The lowest BCUT2D eigenvalue weighted by Crippen LogP contribution is -2.35. The van der Waals surface area contributed by atoms with Gasteiger partial charge in [-0.05, 0) is 43.3 Å². The molecule has 0 spiro atoms. The fourth-order valence-corrected chi connectivity index (χ4v) is 3.01. The Morgan fingerprint density at radius 1 is 1.20 bits per heavy atom. The highest BCUT2D eigenvalue weighted by atomic mass is 79.9. The maximum Gasteiger partial charge on any atom is 0.340 e. The number of halogens is 1. The highest BCUT2D eigenvalue weighted by molar-refractivity contribution is 9.10. The molecule has 0 aliphatic rings. The lowest BCUT2D eigenvalue weighted by molar-refractivity contribution is -0.119. The van der Waals surface area contributed by atoms with Crippen LogP contribution < -0.4 is 10.9 Å². The van der Waals surface area contributed by atoms with Gasteiger partial charge in [0.15, 0.2) is 0 Å². The number of hydrazine groups is 1. The molecular formula is C16H14BrN5O2S. The fraction of sp³-hybridized carbons (Fsp3) is 0.125. The standard InChI is InChI=1S/C16H14BrN5O2S/c1-10(25-13-4-2-12(17)3-5-13)15(23)20-21-16-19-14(22-24-16)11-6-8-18-9-7-11/h2-10H,1H3,(H,20,23)(H,19,21,22). The van der Waals surface area contributed by atoms with Crippen LogP contribution in [-0.2, 0) is 4.79 Å². The number of anilines is 1. The minimum atomic E-state index is -0.295. The van der Waals surface area contributed by atoms with Gasteiger partial charge in [0.25, 0.3) is 5.91 Å². The summed E-state index contributed by atoms with van der Waals surface area (Å²) in [5.74, 6) is 0.216. The van der Waals surface area contributed by atoms with Crippen LogP contribution >= 0.6 is 27.7 Å². The van der Waals surface area contributed by atoms with E-state index in [0.717, 1.165) is 14.9 Å². The van der Waals surface area contributed by atoms with Crippen molar-refractivity contribution in [2.45, 2.75) is 17.1 Å². The molecule has 128 valence electrons. The van der Waals surface area contributed by atoms with Crippen molar-refractivity contribution in [3.8, 4) is 11.4 Å². The predicted molar refractivity (Wildman–Crippen MR) is 98.8 cm³/mol. The topological polar surface area (TPSA) is 92.9 Å². The number of benzene rings is 1. The Balaban J connectivity index is 1.53. The first-order chi connectivity index (χ1) is 12.1. The van der Waals surface area contributed by atoms with Crippen LogP contribution in [0.25, 0.3) is 11.4 Å². The number of carbonyl (C=O) groups is 1. The van der Waals surface area contributed by atoms with Crippen LogP contribution in [-0.4, -0.2) is 26.3 Å². The molecule has 25 heavy (non-hydrogen) atoms. The van der Waals surface area contributed by atoms with E-state index in [2.05, 4.69) is 41.9 Å². The Hall–Kier alpha value is -2.39. The van der Waals surface area contributed by atoms with Crippen molar-refractivity contribution in [1.29, 1.82) is 0 Å². The van der Waals surface area contributed by atoms with Crippen molar-refractivity contribution in [3.05, 3.63) is 53.3 Å². The van der Waals surface area contributed by atoms with Crippen molar-refractivity contribution in [2.75, 3.05) is 5.43 Å². The molecule has 3 aromatic rings. The molecule has 2 N–H and O–H groups in total. The Morgan fingerprint density at radius 3 is 2.64 bits per heavy atom. The number of hydrogen-bond donors (Lipinski definition) is 2. The summed E-state index contributed by atoms with van der Waals surface area (Å²) in [6.45, 7) is 1.82. The van der Waals surface area contributed by atoms with Crippen LogP contribution in [0.3, 0.4) is 0 Å². The first-order valence-corrected chi connectivity index (χ1v) is 9.01. The van der Waals surface area contributed by atoms with Gasteiger partial charge in [-0.3, -0.25) is 15.2 Å². The molecule has 2 heterocycles. The van der Waals surface area contributed by atoms with Gasteiger partial charge in [-0.15, -0.1) is 11.8 Å². The Kier molecular flexibility index (Phi) is 5.67. The quantitative estimate of drug-likeness (QED) is 0.466. The lowest BCUT2D eigenvalue weighted by atomic mass is 10.3. The van der Waals surface area contributed by atoms with Crippen molar-refractivity contribution in [3.63, 3.8) is 0 Å². The van der Waals surface area contributed by atoms with Crippen LogP contribution in [0.5, 0.6) is 0 Å². The number of nitrogens with zero attached hydrogens (tertiary/aromatic N) is 3. The SMILES string of the molecule is CC(Sc1ccc(Br)cc1)C(=O)NNc1nc(-c2ccncc2)no1. The number of hydrogen-bond acceptors (Lipinski definition) is 7. The number of aromatic nitrogens is 3. The lowest BCUT2D eigenvalue weighted by Gasteiger charge is -2.11. The van der Waals surface area contributed by atoms with E-state index in [0.29, 0.717) is 5.82 Å². The normalized spacial score (nSPS) is 11.8. The van der Waals surface area contributed by atoms with Gasteiger partial charge in [0.2, 0.25) is 5.82 Å². The van der Waals surface area contributed by atoms with Crippen molar-refractivity contribution >= 4 is 39.6 Å². The molecule has 1 atom stereocenters. The van der Waals surface area contributed by atoms with E-state index in [1.54, 1.807) is 24.5 Å². The fourth-order valence-electron chi connectivity index (χ4n) is 1.88. The molecule has 7 nitrogen and oxygen atoms in total. The third-order valence-electron chi connectivity index (χ3n) is 3.15. The maximum atomic E-state index is 12.2. The molecule has 1 aromatic carbocycles. The number of carbonyl (C=O) groups excluding carboxylic acids is 1. The smallest absolute Gasteiger partial charge is 0.313 e. The van der Waals surface area contributed by atoms with Gasteiger partial charge in [0.05, 0.1) is 5.25 Å². The van der Waals surface area contributed by atoms with E-state index >= 15 is 0 Å². The summed E-state index contributed by atoms with van der Waals surface area (Å²) in [6.07, 6.45) is 3.28. The average Bonchev–Trinajstić information content (AvgIpc) is 3.11. The van der Waals surface area contributed by atoms with E-state index in [1.165, 1.54) is 11.8 Å². The zero-order chi connectivity index (χ0) is 17.6. The summed E-state index contributed by atoms with van der Waals surface area (Å²) in [5.41, 5.74) is 5.98. The molecule has 0 saturated carbocycles. The van der Waals surface area contributed by atoms with Crippen LogP contribution in [0.1, 0.15) is 6.92 Å². The minimum Gasteiger partial charge on any atom is -0.313 e. The summed E-state index contributed by atoms with van der Waals surface area (Å²) in [7, 11) is 0. The Bertz CT molecular complexity index is 841. The molecular weight excluding hydrogens is 406 g/mol. The third-order valence-corrected chi connectivity index (χ3v) is 4.79. The van der Waals surface area contributed by atoms with Crippen LogP contribution in [0, 0.1) is 0 Å². The van der Waals surface area contributed by atoms with E-state index < -0.39 is 0 Å². The Morgan fingerprint density at radius 2 is 1.92 bits per heavy atom. The molecule has 0 fully saturated rings. The van der Waals surface area contributed by atoms with Gasteiger partial charge in [0.1, 0.15) is 0 Å². The molecule has 0 aliphatic carbocycles. The predicted octanol–water partition coefficient (Wildman–Crippen LogP) is 3.52. The van der Waals surface area contributed by atoms with Gasteiger partial charge in [-0.1, -0.05) is 21.1 Å². The molecule has 0 aliphatic heterocycles. The summed E-state index contributed by atoms with van der Waals surface area (Å²) in [4.78, 5) is 21.3. The number of thioether (sulfide) groups is 1. The van der Waals surface area contributed by atoms with E-state index in [1.807, 2.05) is 31.2 Å². The highest BCUT2D eigenvalue weighted by Gasteiger charge is 2.15. The monoisotopic (exact) mass is 419 g/mol. The molecule has 9 heteroatoms. The first kappa shape index (κ1) is 17.4. The summed E-state index contributed by atoms with van der Waals surface area (Å²) in [6, 6.07) is 11.4. The zero-order valence-electron chi connectivity index (χ0n) is 13.1. The molecule has 0 radical (unpaired) electrons. The highest BCUT2D eigenvalue weighted by Crippen LogP contribution is 2.25. The molecule has 3 rings (SSSR count). The molecule has 1 unspecified atom stereocenters. The van der Waals surface area contributed by atoms with Gasteiger partial charge in [-0.25, -0.2) is 5.43 Å². The molecule has 0 bridgehead atoms. The van der Waals surface area contributed by atoms with Crippen molar-refractivity contribution < 1.29 is 9.32 Å². The summed E-state index contributed by atoms with van der Waals surface area (Å²) < 4.78 is 6.06. The van der Waals surface area contributed by atoms with E-state index in [9.17, 15) is 4.79 Å². The van der Waals surface area contributed by atoms with Gasteiger partial charge >= 0.3 is 6.01 Å². The average molecular weight is 420 g/mol. The molecule has 1 amide bonds. The van der Waals surface area contributed by atoms with Crippen LogP contribution in [0.15, 0.2) is 62.7 Å². The second-order valence-corrected chi connectivity index (χ2v) is 7.32.